The normalized spacial score (nSPS) is 14.3. The Morgan fingerprint density at radius 3 is 2.18 bits per heavy atom. The van der Waals surface area contributed by atoms with Crippen LogP contribution in [0.5, 0.6) is 5.75 Å². The van der Waals surface area contributed by atoms with Crippen LogP contribution in [0.3, 0.4) is 0 Å². The number of hydrogen-bond acceptors (Lipinski definition) is 8. The van der Waals surface area contributed by atoms with Gasteiger partial charge < -0.3 is 23.7 Å². The first kappa shape index (κ1) is 25.7. The zero-order chi connectivity index (χ0) is 24.1. The molecule has 1 atom stereocenters. The highest BCUT2D eigenvalue weighted by atomic mass is 16.5. The molecule has 0 radical (unpaired) electrons. The molecule has 0 N–H and O–H groups in total. The van der Waals surface area contributed by atoms with Crippen LogP contribution in [0.1, 0.15) is 36.2 Å². The molecule has 1 aliphatic heterocycles. The van der Waals surface area contributed by atoms with E-state index in [4.69, 9.17) is 23.8 Å². The Morgan fingerprint density at radius 1 is 0.970 bits per heavy atom. The van der Waals surface area contributed by atoms with Gasteiger partial charge in [-0.3, -0.25) is 4.90 Å². The number of benzene rings is 2. The molecule has 2 aromatic carbocycles. The zero-order valence-corrected chi connectivity index (χ0v) is 19.4. The van der Waals surface area contributed by atoms with Gasteiger partial charge in [0.15, 0.2) is 5.82 Å². The lowest BCUT2D eigenvalue weighted by Crippen LogP contribution is -2.46. The fraction of sp³-hybridized carbons (Fsp3) is 0.360. The summed E-state index contributed by atoms with van der Waals surface area (Å²) in [4.78, 5) is 25.4. The molecule has 0 spiro atoms. The minimum atomic E-state index is 0.171. The van der Waals surface area contributed by atoms with Gasteiger partial charge in [0.2, 0.25) is 0 Å². The van der Waals surface area contributed by atoms with Gasteiger partial charge in [-0.05, 0) is 29.7 Å². The lowest BCUT2D eigenvalue weighted by atomic mass is 9.96. The molecule has 4 rings (SSSR count). The minimum absolute atomic E-state index is 0.171. The third-order valence-electron chi connectivity index (χ3n) is 5.56. The Hall–Kier alpha value is -3.52. The van der Waals surface area contributed by atoms with Crippen LogP contribution in [0.25, 0.3) is 0 Å². The number of rotatable bonds is 7. The van der Waals surface area contributed by atoms with Gasteiger partial charge >= 0.3 is 6.01 Å². The van der Waals surface area contributed by atoms with Crippen molar-refractivity contribution in [1.82, 2.24) is 15.0 Å². The number of aromatic nitrogens is 2. The maximum absolute atomic E-state index is 8.00. The van der Waals surface area contributed by atoms with Crippen molar-refractivity contribution >= 4 is 19.6 Å². The monoisotopic (exact) mass is 452 g/mol. The van der Waals surface area contributed by atoms with Crippen LogP contribution in [0.15, 0.2) is 59.1 Å². The molecule has 8 nitrogen and oxygen atoms in total. The molecule has 0 unspecified atom stereocenters. The SMILES string of the molecule is C=O.C=O.CC[C@@H](c1ccccc1)c1noc(N2CCN(Cc3ccc(OC)cc3)CC2)n1. The summed E-state index contributed by atoms with van der Waals surface area (Å²) in [6.45, 7) is 10.8. The molecule has 2 heterocycles. The molecule has 1 fully saturated rings. The van der Waals surface area contributed by atoms with Gasteiger partial charge in [0.25, 0.3) is 0 Å². The summed E-state index contributed by atoms with van der Waals surface area (Å²) in [6, 6.07) is 19.3. The Bertz CT molecular complexity index is 923. The summed E-state index contributed by atoms with van der Waals surface area (Å²) in [5, 5.41) is 4.29. The van der Waals surface area contributed by atoms with Crippen LogP contribution >= 0.6 is 0 Å². The molecule has 1 aromatic heterocycles. The smallest absolute Gasteiger partial charge is 0.324 e. The van der Waals surface area contributed by atoms with Crippen LogP contribution in [0.2, 0.25) is 0 Å². The summed E-state index contributed by atoms with van der Waals surface area (Å²) >= 11 is 0. The van der Waals surface area contributed by atoms with E-state index in [1.165, 1.54) is 11.1 Å². The third kappa shape index (κ3) is 6.98. The highest BCUT2D eigenvalue weighted by Crippen LogP contribution is 2.27. The molecule has 3 aromatic rings. The molecule has 0 bridgehead atoms. The minimum Gasteiger partial charge on any atom is -0.497 e. The van der Waals surface area contributed by atoms with E-state index in [-0.39, 0.29) is 5.92 Å². The van der Waals surface area contributed by atoms with Crippen molar-refractivity contribution < 1.29 is 18.8 Å². The van der Waals surface area contributed by atoms with Crippen LogP contribution in [0.4, 0.5) is 6.01 Å². The summed E-state index contributed by atoms with van der Waals surface area (Å²) in [7, 11) is 1.69. The molecule has 0 aliphatic carbocycles. The van der Waals surface area contributed by atoms with Crippen molar-refractivity contribution in [2.45, 2.75) is 25.8 Å². The standard InChI is InChI=1S/C23H28N4O2.2CH2O/c1-3-21(19-7-5-4-6-8-19)22-24-23(29-25-22)27-15-13-26(14-16-27)17-18-9-11-20(28-2)12-10-18;2*1-2/h4-12,21H,3,13-17H2,1-2H3;2*1H2/t21-;;/m0../s1. The Labute approximate surface area is 195 Å². The largest absolute Gasteiger partial charge is 0.497 e. The lowest BCUT2D eigenvalue weighted by Gasteiger charge is -2.33. The first-order valence-corrected chi connectivity index (χ1v) is 10.8. The van der Waals surface area contributed by atoms with Gasteiger partial charge in [-0.25, -0.2) is 0 Å². The Balaban J connectivity index is 0.000000914. The summed E-state index contributed by atoms with van der Waals surface area (Å²) in [5.41, 5.74) is 2.53. The molecule has 8 heteroatoms. The van der Waals surface area contributed by atoms with Gasteiger partial charge in [-0.15, -0.1) is 0 Å². The quantitative estimate of drug-likeness (QED) is 0.538. The van der Waals surface area contributed by atoms with E-state index in [0.717, 1.165) is 50.7 Å². The van der Waals surface area contributed by atoms with E-state index in [1.807, 2.05) is 31.8 Å². The van der Waals surface area contributed by atoms with Crippen LogP contribution in [0, 0.1) is 0 Å². The molecular weight excluding hydrogens is 420 g/mol. The topological polar surface area (TPSA) is 88.8 Å². The van der Waals surface area contributed by atoms with Crippen molar-refractivity contribution in [3.63, 3.8) is 0 Å². The van der Waals surface area contributed by atoms with Crippen molar-refractivity contribution in [2.24, 2.45) is 0 Å². The summed E-state index contributed by atoms with van der Waals surface area (Å²) in [5.74, 6) is 1.84. The van der Waals surface area contributed by atoms with Crippen molar-refractivity contribution in [3.8, 4) is 5.75 Å². The maximum atomic E-state index is 8.00. The van der Waals surface area contributed by atoms with Gasteiger partial charge in [0.1, 0.15) is 19.3 Å². The summed E-state index contributed by atoms with van der Waals surface area (Å²) in [6.07, 6.45) is 0.943. The number of methoxy groups -OCH3 is 1. The fourth-order valence-electron chi connectivity index (χ4n) is 3.84. The second-order valence-corrected chi connectivity index (χ2v) is 7.42. The number of carbonyl (C=O) groups is 2. The van der Waals surface area contributed by atoms with Gasteiger partial charge in [-0.1, -0.05) is 54.5 Å². The molecule has 0 amide bonds. The number of carbonyl (C=O) groups excluding carboxylic acids is 2. The second-order valence-electron chi connectivity index (χ2n) is 7.42. The molecule has 176 valence electrons. The highest BCUT2D eigenvalue weighted by Gasteiger charge is 2.24. The molecule has 1 saturated heterocycles. The molecule has 0 saturated carbocycles. The molecule has 33 heavy (non-hydrogen) atoms. The average molecular weight is 453 g/mol. The lowest BCUT2D eigenvalue weighted by molar-refractivity contribution is -0.0987. The fourth-order valence-corrected chi connectivity index (χ4v) is 3.84. The van der Waals surface area contributed by atoms with E-state index in [0.29, 0.717) is 6.01 Å². The first-order valence-electron chi connectivity index (χ1n) is 10.8. The predicted molar refractivity (Wildman–Crippen MR) is 128 cm³/mol. The van der Waals surface area contributed by atoms with Crippen molar-refractivity contribution in [1.29, 1.82) is 0 Å². The van der Waals surface area contributed by atoms with Gasteiger partial charge in [0.05, 0.1) is 7.11 Å². The first-order chi connectivity index (χ1) is 16.3. The van der Waals surface area contributed by atoms with Crippen LogP contribution in [-0.2, 0) is 16.1 Å². The second kappa shape index (κ2) is 13.8. The van der Waals surface area contributed by atoms with E-state index in [2.05, 4.69) is 58.3 Å². The number of nitrogens with zero attached hydrogens (tertiary/aromatic N) is 4. The van der Waals surface area contributed by atoms with Gasteiger partial charge in [-0.2, -0.15) is 4.98 Å². The number of hydrogen-bond donors (Lipinski definition) is 0. The number of ether oxygens (including phenoxy) is 1. The van der Waals surface area contributed by atoms with Gasteiger partial charge in [0, 0.05) is 38.6 Å². The van der Waals surface area contributed by atoms with Crippen molar-refractivity contribution in [2.75, 3.05) is 38.2 Å². The van der Waals surface area contributed by atoms with E-state index in [9.17, 15) is 0 Å². The predicted octanol–water partition coefficient (Wildman–Crippen LogP) is 3.57. The zero-order valence-electron chi connectivity index (χ0n) is 19.4. The van der Waals surface area contributed by atoms with Crippen LogP contribution in [-0.4, -0.2) is 61.9 Å². The average Bonchev–Trinajstić information content (AvgIpc) is 3.38. The van der Waals surface area contributed by atoms with E-state index >= 15 is 0 Å². The Kier molecular flexibility index (Phi) is 10.8. The number of anilines is 1. The Morgan fingerprint density at radius 2 is 1.61 bits per heavy atom. The van der Waals surface area contributed by atoms with Crippen LogP contribution < -0.4 is 9.64 Å². The number of piperazine rings is 1. The van der Waals surface area contributed by atoms with Crippen molar-refractivity contribution in [3.05, 3.63) is 71.5 Å². The maximum Gasteiger partial charge on any atom is 0.324 e. The molecular formula is C25H32N4O4. The van der Waals surface area contributed by atoms with E-state index in [1.54, 1.807) is 7.11 Å². The third-order valence-corrected chi connectivity index (χ3v) is 5.56. The van der Waals surface area contributed by atoms with E-state index < -0.39 is 0 Å². The molecule has 1 aliphatic rings. The summed E-state index contributed by atoms with van der Waals surface area (Å²) < 4.78 is 10.9. The highest BCUT2D eigenvalue weighted by molar-refractivity contribution is 5.31.